The Labute approximate surface area is 137 Å². The summed E-state index contributed by atoms with van der Waals surface area (Å²) in [6, 6.07) is 10.2. The molecule has 2 N–H and O–H groups in total. The Kier molecular flexibility index (Phi) is 5.90. The van der Waals surface area contributed by atoms with E-state index in [1.165, 1.54) is 5.56 Å². The zero-order chi connectivity index (χ0) is 14.5. The Morgan fingerprint density at radius 3 is 2.75 bits per heavy atom. The molecule has 5 heteroatoms. The standard InChI is InChI=1S/C15H16BrClN2S/c1-2-12(18)7-10-3-5-14(13(17)8-10)20-15-6-4-11(16)9-19-15/h3-6,8-9,12H,2,7,18H2,1H3. The molecule has 2 nitrogen and oxygen atoms in total. The fourth-order valence-electron chi connectivity index (χ4n) is 1.74. The number of hydrogen-bond donors (Lipinski definition) is 1. The lowest BCUT2D eigenvalue weighted by Crippen LogP contribution is -2.21. The van der Waals surface area contributed by atoms with Gasteiger partial charge in [0.25, 0.3) is 0 Å². The Hall–Kier alpha value is -0.550. The molecule has 1 atom stereocenters. The largest absolute Gasteiger partial charge is 0.327 e. The summed E-state index contributed by atoms with van der Waals surface area (Å²) in [5, 5.41) is 1.67. The van der Waals surface area contributed by atoms with Crippen molar-refractivity contribution in [2.75, 3.05) is 0 Å². The average Bonchev–Trinajstić information content (AvgIpc) is 2.44. The number of rotatable bonds is 5. The third-order valence-corrected chi connectivity index (χ3v) is 4.85. The predicted molar refractivity (Wildman–Crippen MR) is 89.5 cm³/mol. The second-order valence-electron chi connectivity index (χ2n) is 4.55. The first-order chi connectivity index (χ1) is 9.58. The predicted octanol–water partition coefficient (Wildman–Crippen LogP) is 4.93. The van der Waals surface area contributed by atoms with Crippen LogP contribution in [0, 0.1) is 0 Å². The van der Waals surface area contributed by atoms with Gasteiger partial charge in [-0.2, -0.15) is 0 Å². The molecule has 2 aromatic rings. The van der Waals surface area contributed by atoms with Gasteiger partial charge in [-0.15, -0.1) is 0 Å². The minimum absolute atomic E-state index is 0.192. The number of nitrogens with zero attached hydrogens (tertiary/aromatic N) is 1. The van der Waals surface area contributed by atoms with Crippen LogP contribution in [0.5, 0.6) is 0 Å². The van der Waals surface area contributed by atoms with E-state index in [0.717, 1.165) is 32.3 Å². The van der Waals surface area contributed by atoms with Crippen LogP contribution in [0.4, 0.5) is 0 Å². The quantitative estimate of drug-likeness (QED) is 0.810. The number of aromatic nitrogens is 1. The van der Waals surface area contributed by atoms with E-state index in [0.29, 0.717) is 0 Å². The second kappa shape index (κ2) is 7.46. The maximum Gasteiger partial charge on any atom is 0.101 e. The summed E-state index contributed by atoms with van der Waals surface area (Å²) in [6.45, 7) is 2.09. The molecule has 1 heterocycles. The molecule has 0 spiro atoms. The van der Waals surface area contributed by atoms with Crippen molar-refractivity contribution < 1.29 is 0 Å². The average molecular weight is 372 g/mol. The van der Waals surface area contributed by atoms with Gasteiger partial charge < -0.3 is 5.73 Å². The van der Waals surface area contributed by atoms with Crippen LogP contribution in [0.15, 0.2) is 50.9 Å². The number of hydrogen-bond acceptors (Lipinski definition) is 3. The zero-order valence-electron chi connectivity index (χ0n) is 11.1. The highest BCUT2D eigenvalue weighted by atomic mass is 79.9. The number of benzene rings is 1. The van der Waals surface area contributed by atoms with Crippen LogP contribution in [0.3, 0.4) is 0 Å². The minimum atomic E-state index is 0.192. The number of halogens is 2. The molecule has 0 amide bonds. The molecule has 1 unspecified atom stereocenters. The molecule has 1 aromatic heterocycles. The minimum Gasteiger partial charge on any atom is -0.327 e. The van der Waals surface area contributed by atoms with Crippen LogP contribution in [0.25, 0.3) is 0 Å². The lowest BCUT2D eigenvalue weighted by atomic mass is 10.1. The molecule has 0 radical (unpaired) electrons. The Bertz CT molecular complexity index is 575. The highest BCUT2D eigenvalue weighted by Crippen LogP contribution is 2.33. The lowest BCUT2D eigenvalue weighted by Gasteiger charge is -2.10. The molecule has 0 bridgehead atoms. The third kappa shape index (κ3) is 4.48. The maximum atomic E-state index is 6.34. The van der Waals surface area contributed by atoms with Crippen LogP contribution >= 0.6 is 39.3 Å². The summed E-state index contributed by atoms with van der Waals surface area (Å²) < 4.78 is 0.969. The smallest absolute Gasteiger partial charge is 0.101 e. The number of nitrogens with two attached hydrogens (primary N) is 1. The fraction of sp³-hybridized carbons (Fsp3) is 0.267. The van der Waals surface area contributed by atoms with Crippen molar-refractivity contribution in [3.8, 4) is 0 Å². The van der Waals surface area contributed by atoms with E-state index in [9.17, 15) is 0 Å². The zero-order valence-corrected chi connectivity index (χ0v) is 14.3. The van der Waals surface area contributed by atoms with Crippen molar-refractivity contribution >= 4 is 39.3 Å². The van der Waals surface area contributed by atoms with Gasteiger partial charge in [0.15, 0.2) is 0 Å². The first-order valence-corrected chi connectivity index (χ1v) is 8.40. The SMILES string of the molecule is CCC(N)Cc1ccc(Sc2ccc(Br)cn2)c(Cl)c1. The van der Waals surface area contributed by atoms with Gasteiger partial charge in [-0.1, -0.05) is 36.4 Å². The monoisotopic (exact) mass is 370 g/mol. The van der Waals surface area contributed by atoms with Crippen molar-refractivity contribution in [3.63, 3.8) is 0 Å². The summed E-state index contributed by atoms with van der Waals surface area (Å²) in [5.41, 5.74) is 7.15. The van der Waals surface area contributed by atoms with Gasteiger partial charge in [0.05, 0.1) is 5.02 Å². The normalized spacial score (nSPS) is 12.4. The van der Waals surface area contributed by atoms with Crippen molar-refractivity contribution in [1.29, 1.82) is 0 Å². The Morgan fingerprint density at radius 2 is 2.15 bits per heavy atom. The van der Waals surface area contributed by atoms with E-state index in [1.807, 2.05) is 24.3 Å². The Morgan fingerprint density at radius 1 is 1.35 bits per heavy atom. The summed E-state index contributed by atoms with van der Waals surface area (Å²) in [6.07, 6.45) is 3.61. The molecular weight excluding hydrogens is 356 g/mol. The van der Waals surface area contributed by atoms with Crippen molar-refractivity contribution in [3.05, 3.63) is 51.6 Å². The first-order valence-electron chi connectivity index (χ1n) is 6.42. The summed E-state index contributed by atoms with van der Waals surface area (Å²) in [5.74, 6) is 0. The van der Waals surface area contributed by atoms with Gasteiger partial charge in [-0.3, -0.25) is 0 Å². The molecule has 20 heavy (non-hydrogen) atoms. The van der Waals surface area contributed by atoms with Crippen LogP contribution in [-0.4, -0.2) is 11.0 Å². The third-order valence-electron chi connectivity index (χ3n) is 2.93. The molecular formula is C15H16BrClN2S. The molecule has 0 aliphatic rings. The summed E-state index contributed by atoms with van der Waals surface area (Å²) >= 11 is 11.3. The first kappa shape index (κ1) is 15.8. The van der Waals surface area contributed by atoms with E-state index in [-0.39, 0.29) is 6.04 Å². The maximum absolute atomic E-state index is 6.34. The molecule has 2 rings (SSSR count). The van der Waals surface area contributed by atoms with E-state index < -0.39 is 0 Å². The van der Waals surface area contributed by atoms with Crippen LogP contribution < -0.4 is 5.73 Å². The highest BCUT2D eigenvalue weighted by molar-refractivity contribution is 9.10. The van der Waals surface area contributed by atoms with Gasteiger partial charge in [0.2, 0.25) is 0 Å². The van der Waals surface area contributed by atoms with Gasteiger partial charge in [-0.25, -0.2) is 4.98 Å². The van der Waals surface area contributed by atoms with Gasteiger partial charge in [0.1, 0.15) is 5.03 Å². The molecule has 0 fully saturated rings. The van der Waals surface area contributed by atoms with Crippen molar-refractivity contribution in [1.82, 2.24) is 4.98 Å². The van der Waals surface area contributed by atoms with E-state index in [1.54, 1.807) is 18.0 Å². The summed E-state index contributed by atoms with van der Waals surface area (Å²) in [7, 11) is 0. The van der Waals surface area contributed by atoms with Crippen molar-refractivity contribution in [2.24, 2.45) is 5.73 Å². The van der Waals surface area contributed by atoms with Gasteiger partial charge >= 0.3 is 0 Å². The van der Waals surface area contributed by atoms with E-state index in [2.05, 4.69) is 33.9 Å². The van der Waals surface area contributed by atoms with E-state index in [4.69, 9.17) is 17.3 Å². The molecule has 0 saturated heterocycles. The van der Waals surface area contributed by atoms with Gasteiger partial charge in [-0.05, 0) is 58.6 Å². The lowest BCUT2D eigenvalue weighted by molar-refractivity contribution is 0.646. The van der Waals surface area contributed by atoms with E-state index >= 15 is 0 Å². The van der Waals surface area contributed by atoms with Crippen molar-refractivity contribution in [2.45, 2.75) is 35.7 Å². The van der Waals surface area contributed by atoms with Gasteiger partial charge in [0, 0.05) is 21.6 Å². The molecule has 0 aliphatic carbocycles. The van der Waals surface area contributed by atoms with Crippen LogP contribution in [0.1, 0.15) is 18.9 Å². The molecule has 1 aromatic carbocycles. The highest BCUT2D eigenvalue weighted by Gasteiger charge is 2.07. The molecule has 0 saturated carbocycles. The number of pyridine rings is 1. The Balaban J connectivity index is 2.11. The topological polar surface area (TPSA) is 38.9 Å². The fourth-order valence-corrected chi connectivity index (χ4v) is 3.05. The second-order valence-corrected chi connectivity index (χ2v) is 6.94. The molecule has 0 aliphatic heterocycles. The molecule has 106 valence electrons. The van der Waals surface area contributed by atoms with Crippen LogP contribution in [-0.2, 0) is 6.42 Å². The van der Waals surface area contributed by atoms with Crippen LogP contribution in [0.2, 0.25) is 5.02 Å². The summed E-state index contributed by atoms with van der Waals surface area (Å²) in [4.78, 5) is 5.35.